The number of hydrogen-bond donors (Lipinski definition) is 1. The molecule has 186 valence electrons. The molecule has 0 radical (unpaired) electrons. The first-order valence-electron chi connectivity index (χ1n) is 13.4. The van der Waals surface area contributed by atoms with E-state index >= 15 is 0 Å². The van der Waals surface area contributed by atoms with Crippen LogP contribution in [-0.4, -0.2) is 27.8 Å². The van der Waals surface area contributed by atoms with Crippen LogP contribution in [0.2, 0.25) is 0 Å². The van der Waals surface area contributed by atoms with E-state index in [0.717, 1.165) is 66.9 Å². The molecule has 3 aromatic rings. The van der Waals surface area contributed by atoms with Gasteiger partial charge in [-0.15, -0.1) is 0 Å². The summed E-state index contributed by atoms with van der Waals surface area (Å²) in [5, 5.41) is 4.20. The summed E-state index contributed by atoms with van der Waals surface area (Å²) in [6.07, 6.45) is 10.3. The van der Waals surface area contributed by atoms with E-state index in [9.17, 15) is 4.79 Å². The van der Waals surface area contributed by atoms with E-state index in [1.54, 1.807) is 0 Å². The number of aromatic nitrogens is 2. The second kappa shape index (κ2) is 13.5. The van der Waals surface area contributed by atoms with E-state index in [1.807, 2.05) is 11.8 Å². The molecule has 0 aliphatic heterocycles. The summed E-state index contributed by atoms with van der Waals surface area (Å²) < 4.78 is 2.41. The van der Waals surface area contributed by atoms with Gasteiger partial charge in [0.15, 0.2) is 5.16 Å². The van der Waals surface area contributed by atoms with Crippen LogP contribution in [0.15, 0.2) is 65.8 Å². The van der Waals surface area contributed by atoms with Crippen LogP contribution in [-0.2, 0) is 11.3 Å². The molecule has 5 heteroatoms. The van der Waals surface area contributed by atoms with Gasteiger partial charge < -0.3 is 9.88 Å². The Bertz CT molecular complexity index is 1040. The number of nitrogens with one attached hydrogen (secondary N) is 1. The zero-order chi connectivity index (χ0) is 24.3. The van der Waals surface area contributed by atoms with Gasteiger partial charge in [-0.1, -0.05) is 111 Å². The molecule has 4 rings (SSSR count). The maximum atomic E-state index is 12.2. The van der Waals surface area contributed by atoms with Gasteiger partial charge in [-0.25, -0.2) is 4.98 Å². The van der Waals surface area contributed by atoms with E-state index < -0.39 is 0 Å². The van der Waals surface area contributed by atoms with Crippen molar-refractivity contribution in [2.75, 3.05) is 12.3 Å². The van der Waals surface area contributed by atoms with Crippen molar-refractivity contribution in [2.45, 2.75) is 76.4 Å². The zero-order valence-electron chi connectivity index (χ0n) is 21.0. The number of amides is 1. The van der Waals surface area contributed by atoms with Crippen molar-refractivity contribution in [2.24, 2.45) is 5.92 Å². The lowest BCUT2D eigenvalue weighted by Gasteiger charge is -2.13. The Morgan fingerprint density at radius 3 is 2.37 bits per heavy atom. The smallest absolute Gasteiger partial charge is 0.220 e. The van der Waals surface area contributed by atoms with Crippen molar-refractivity contribution in [3.63, 3.8) is 0 Å². The Morgan fingerprint density at radius 2 is 1.69 bits per heavy atom. The third-order valence-electron chi connectivity index (χ3n) is 6.89. The third kappa shape index (κ3) is 7.23. The van der Waals surface area contributed by atoms with Crippen LogP contribution >= 0.6 is 11.8 Å². The Balaban J connectivity index is 1.42. The Kier molecular flexibility index (Phi) is 9.88. The minimum absolute atomic E-state index is 0.212. The molecule has 0 spiro atoms. The summed E-state index contributed by atoms with van der Waals surface area (Å²) in [7, 11) is 0. The number of unbranched alkanes of at least 4 members (excludes halogenated alkanes) is 1. The van der Waals surface area contributed by atoms with E-state index in [0.29, 0.717) is 6.42 Å². The average Bonchev–Trinajstić information content (AvgIpc) is 3.55. The van der Waals surface area contributed by atoms with Gasteiger partial charge in [0, 0.05) is 36.4 Å². The van der Waals surface area contributed by atoms with Crippen molar-refractivity contribution in [3.8, 4) is 22.5 Å². The molecule has 1 aromatic heterocycles. The van der Waals surface area contributed by atoms with Crippen LogP contribution in [0.25, 0.3) is 22.5 Å². The molecule has 1 fully saturated rings. The number of rotatable bonds is 13. The van der Waals surface area contributed by atoms with Gasteiger partial charge in [0.1, 0.15) is 0 Å². The SMILES string of the molecule is CCCCn1c(SCCCNC(=O)CCC2CCCC2)nc(-c2ccccc2)c1-c1ccccc1. The molecule has 1 saturated carbocycles. The highest BCUT2D eigenvalue weighted by atomic mass is 32.2. The average molecular weight is 490 g/mol. The largest absolute Gasteiger partial charge is 0.356 e. The maximum absolute atomic E-state index is 12.2. The van der Waals surface area contributed by atoms with Crippen LogP contribution < -0.4 is 5.32 Å². The lowest BCUT2D eigenvalue weighted by Crippen LogP contribution is -2.25. The fraction of sp³-hybridized carbons (Fsp3) is 0.467. The number of imidazole rings is 1. The van der Waals surface area contributed by atoms with Gasteiger partial charge in [-0.3, -0.25) is 4.79 Å². The lowest BCUT2D eigenvalue weighted by molar-refractivity contribution is -0.121. The third-order valence-corrected chi connectivity index (χ3v) is 7.95. The highest BCUT2D eigenvalue weighted by molar-refractivity contribution is 7.99. The fourth-order valence-electron chi connectivity index (χ4n) is 4.94. The molecule has 2 aromatic carbocycles. The summed E-state index contributed by atoms with van der Waals surface area (Å²) in [4.78, 5) is 17.4. The number of nitrogens with zero attached hydrogens (tertiary/aromatic N) is 2. The quantitative estimate of drug-likeness (QED) is 0.199. The minimum Gasteiger partial charge on any atom is -0.356 e. The van der Waals surface area contributed by atoms with Gasteiger partial charge in [-0.2, -0.15) is 0 Å². The van der Waals surface area contributed by atoms with E-state index in [4.69, 9.17) is 4.98 Å². The summed E-state index contributed by atoms with van der Waals surface area (Å²) in [5.41, 5.74) is 4.61. The minimum atomic E-state index is 0.212. The molecule has 0 bridgehead atoms. The fourth-order valence-corrected chi connectivity index (χ4v) is 5.90. The summed E-state index contributed by atoms with van der Waals surface area (Å²) >= 11 is 1.81. The number of carbonyl (C=O) groups is 1. The van der Waals surface area contributed by atoms with E-state index in [2.05, 4.69) is 77.5 Å². The van der Waals surface area contributed by atoms with Crippen LogP contribution in [0.4, 0.5) is 0 Å². The molecule has 1 aliphatic carbocycles. The summed E-state index contributed by atoms with van der Waals surface area (Å²) in [6.45, 7) is 3.93. The number of carbonyl (C=O) groups excluding carboxylic acids is 1. The first kappa shape index (κ1) is 25.6. The van der Waals surface area contributed by atoms with Gasteiger partial charge in [0.25, 0.3) is 0 Å². The molecule has 1 amide bonds. The van der Waals surface area contributed by atoms with Gasteiger partial charge in [-0.05, 0) is 25.2 Å². The molecule has 4 nitrogen and oxygen atoms in total. The zero-order valence-corrected chi connectivity index (χ0v) is 21.9. The molecule has 0 atom stereocenters. The Morgan fingerprint density at radius 1 is 1.00 bits per heavy atom. The van der Waals surface area contributed by atoms with E-state index in [1.165, 1.54) is 36.9 Å². The first-order valence-corrected chi connectivity index (χ1v) is 14.4. The molecule has 1 N–H and O–H groups in total. The van der Waals surface area contributed by atoms with Gasteiger partial charge in [0.2, 0.25) is 5.91 Å². The molecule has 35 heavy (non-hydrogen) atoms. The van der Waals surface area contributed by atoms with E-state index in [-0.39, 0.29) is 5.91 Å². The molecule has 0 unspecified atom stereocenters. The number of hydrogen-bond acceptors (Lipinski definition) is 3. The van der Waals surface area contributed by atoms with Gasteiger partial charge in [0.05, 0.1) is 11.4 Å². The highest BCUT2D eigenvalue weighted by Gasteiger charge is 2.20. The monoisotopic (exact) mass is 489 g/mol. The molecule has 1 aliphatic rings. The summed E-state index contributed by atoms with van der Waals surface area (Å²) in [5.74, 6) is 1.93. The van der Waals surface area contributed by atoms with Crippen LogP contribution in [0.1, 0.15) is 64.7 Å². The van der Waals surface area contributed by atoms with Crippen LogP contribution in [0.3, 0.4) is 0 Å². The second-order valence-electron chi connectivity index (χ2n) is 9.57. The molecule has 1 heterocycles. The summed E-state index contributed by atoms with van der Waals surface area (Å²) in [6, 6.07) is 21.1. The normalized spacial score (nSPS) is 13.9. The van der Waals surface area contributed by atoms with Crippen molar-refractivity contribution < 1.29 is 4.79 Å². The molecular weight excluding hydrogens is 450 g/mol. The van der Waals surface area contributed by atoms with Crippen molar-refractivity contribution in [3.05, 3.63) is 60.7 Å². The standard InChI is InChI=1S/C30H39N3OS/c1-2-3-22-33-29(26-17-8-5-9-18-26)28(25-15-6-4-7-16-25)32-30(33)35-23-12-21-31-27(34)20-19-24-13-10-11-14-24/h4-9,15-18,24H,2-3,10-14,19-23H2,1H3,(H,31,34). The number of thioether (sulfide) groups is 1. The Labute approximate surface area is 214 Å². The van der Waals surface area contributed by atoms with Crippen molar-refractivity contribution in [1.29, 1.82) is 0 Å². The predicted molar refractivity (Wildman–Crippen MR) is 148 cm³/mol. The molecular formula is C30H39N3OS. The highest BCUT2D eigenvalue weighted by Crippen LogP contribution is 2.36. The second-order valence-corrected chi connectivity index (χ2v) is 10.6. The molecule has 0 saturated heterocycles. The first-order chi connectivity index (χ1) is 17.3. The van der Waals surface area contributed by atoms with Crippen molar-refractivity contribution in [1.82, 2.24) is 14.9 Å². The van der Waals surface area contributed by atoms with Gasteiger partial charge >= 0.3 is 0 Å². The number of benzene rings is 2. The Hall–Kier alpha value is -2.53. The van der Waals surface area contributed by atoms with Crippen LogP contribution in [0.5, 0.6) is 0 Å². The lowest BCUT2D eigenvalue weighted by atomic mass is 10.0. The predicted octanol–water partition coefficient (Wildman–Crippen LogP) is 7.59. The topological polar surface area (TPSA) is 46.9 Å². The maximum Gasteiger partial charge on any atom is 0.220 e. The van der Waals surface area contributed by atoms with Crippen molar-refractivity contribution >= 4 is 17.7 Å². The van der Waals surface area contributed by atoms with Crippen LogP contribution in [0, 0.1) is 5.92 Å².